The second-order valence-corrected chi connectivity index (χ2v) is 8.00. The summed E-state index contributed by atoms with van der Waals surface area (Å²) >= 11 is 1.07. The standard InChI is InChI=1S/C20H22N4O6S/c1-9-15-17(25)22-14(8-24(2)3)23-19(15)31-16(9)18(26)21-11-7-13(30-5)12(29-4)6-10(11)20(27)28/h6-7H,8H2,1-5H3,(H,21,26)(H,27,28)(H,22,23,25). The number of carboxylic acids is 1. The number of H-pyrrole nitrogens is 1. The van der Waals surface area contributed by atoms with E-state index in [0.717, 1.165) is 11.3 Å². The Bertz CT molecular complexity index is 1230. The van der Waals surface area contributed by atoms with Crippen LogP contribution in [0.4, 0.5) is 5.69 Å². The average molecular weight is 446 g/mol. The number of nitrogens with one attached hydrogen (secondary N) is 2. The molecule has 10 nitrogen and oxygen atoms in total. The number of hydrogen-bond acceptors (Lipinski definition) is 8. The summed E-state index contributed by atoms with van der Waals surface area (Å²) in [6.45, 7) is 2.10. The molecule has 3 aromatic rings. The number of nitrogens with zero attached hydrogens (tertiary/aromatic N) is 2. The zero-order chi connectivity index (χ0) is 22.9. The van der Waals surface area contributed by atoms with Crippen molar-refractivity contribution in [3.05, 3.63) is 44.3 Å². The van der Waals surface area contributed by atoms with Crippen molar-refractivity contribution in [3.63, 3.8) is 0 Å². The lowest BCUT2D eigenvalue weighted by atomic mass is 10.1. The maximum atomic E-state index is 13.0. The van der Waals surface area contributed by atoms with Crippen molar-refractivity contribution in [2.45, 2.75) is 13.5 Å². The minimum Gasteiger partial charge on any atom is -0.493 e. The molecule has 0 aliphatic rings. The first-order valence-corrected chi connectivity index (χ1v) is 9.95. The van der Waals surface area contributed by atoms with Crippen LogP contribution in [-0.4, -0.2) is 60.2 Å². The van der Waals surface area contributed by atoms with Crippen LogP contribution in [0.2, 0.25) is 0 Å². The molecule has 0 aliphatic carbocycles. The first-order chi connectivity index (χ1) is 14.7. The van der Waals surface area contributed by atoms with Gasteiger partial charge >= 0.3 is 5.97 Å². The summed E-state index contributed by atoms with van der Waals surface area (Å²) in [7, 11) is 6.50. The number of thiophene rings is 1. The zero-order valence-electron chi connectivity index (χ0n) is 17.7. The number of hydrogen-bond donors (Lipinski definition) is 3. The number of ether oxygens (including phenoxy) is 2. The summed E-state index contributed by atoms with van der Waals surface area (Å²) in [5.41, 5.74) is 0.0307. The first-order valence-electron chi connectivity index (χ1n) is 9.14. The molecule has 2 heterocycles. The SMILES string of the molecule is COc1cc(NC(=O)c2sc3nc(CN(C)C)[nH]c(=O)c3c2C)c(C(=O)O)cc1OC. The van der Waals surface area contributed by atoms with Gasteiger partial charge in [-0.25, -0.2) is 9.78 Å². The van der Waals surface area contributed by atoms with E-state index in [-0.39, 0.29) is 33.2 Å². The number of aromatic carboxylic acids is 1. The van der Waals surface area contributed by atoms with E-state index in [1.54, 1.807) is 6.92 Å². The number of carbonyl (C=O) groups is 2. The second-order valence-electron chi connectivity index (χ2n) is 7.00. The van der Waals surface area contributed by atoms with Gasteiger partial charge < -0.3 is 29.8 Å². The molecule has 3 rings (SSSR count). The normalized spacial score (nSPS) is 11.0. The van der Waals surface area contributed by atoms with Crippen molar-refractivity contribution < 1.29 is 24.2 Å². The number of fused-ring (bicyclic) bond motifs is 1. The molecule has 0 saturated carbocycles. The zero-order valence-corrected chi connectivity index (χ0v) is 18.5. The molecule has 0 spiro atoms. The number of anilines is 1. The molecule has 164 valence electrons. The number of benzene rings is 1. The summed E-state index contributed by atoms with van der Waals surface area (Å²) in [4.78, 5) is 47.0. The van der Waals surface area contributed by atoms with E-state index in [2.05, 4.69) is 15.3 Å². The first kappa shape index (κ1) is 22.2. The molecule has 0 aliphatic heterocycles. The molecule has 0 atom stereocenters. The summed E-state index contributed by atoms with van der Waals surface area (Å²) in [5.74, 6) is -0.814. The van der Waals surface area contributed by atoms with Crippen LogP contribution in [0.15, 0.2) is 16.9 Å². The number of aryl methyl sites for hydroxylation is 1. The fraction of sp³-hybridized carbons (Fsp3) is 0.300. The van der Waals surface area contributed by atoms with Gasteiger partial charge in [-0.1, -0.05) is 0 Å². The van der Waals surface area contributed by atoms with E-state index in [9.17, 15) is 19.5 Å². The molecule has 1 aromatic carbocycles. The van der Waals surface area contributed by atoms with Crippen LogP contribution in [0.25, 0.3) is 10.2 Å². The third-order valence-electron chi connectivity index (χ3n) is 4.52. The molecule has 31 heavy (non-hydrogen) atoms. The topological polar surface area (TPSA) is 134 Å². The minimum absolute atomic E-state index is 0.0437. The number of aromatic nitrogens is 2. The van der Waals surface area contributed by atoms with Crippen molar-refractivity contribution in [2.24, 2.45) is 0 Å². The summed E-state index contributed by atoms with van der Waals surface area (Å²) in [5, 5.41) is 12.5. The van der Waals surface area contributed by atoms with E-state index >= 15 is 0 Å². The maximum absolute atomic E-state index is 13.0. The molecule has 0 unspecified atom stereocenters. The van der Waals surface area contributed by atoms with Gasteiger partial charge in [-0.15, -0.1) is 11.3 Å². The Labute approximate surface area is 181 Å². The highest BCUT2D eigenvalue weighted by Gasteiger charge is 2.23. The van der Waals surface area contributed by atoms with Crippen LogP contribution >= 0.6 is 11.3 Å². The summed E-state index contributed by atoms with van der Waals surface area (Å²) in [6.07, 6.45) is 0. The molecule has 0 radical (unpaired) electrons. The Morgan fingerprint density at radius 3 is 2.45 bits per heavy atom. The van der Waals surface area contributed by atoms with Gasteiger partial charge in [-0.05, 0) is 26.6 Å². The summed E-state index contributed by atoms with van der Waals surface area (Å²) in [6, 6.07) is 2.65. The van der Waals surface area contributed by atoms with Gasteiger partial charge in [0.15, 0.2) is 11.5 Å². The number of amides is 1. The number of rotatable bonds is 7. The van der Waals surface area contributed by atoms with Crippen molar-refractivity contribution in [1.82, 2.24) is 14.9 Å². The van der Waals surface area contributed by atoms with Crippen LogP contribution < -0.4 is 20.3 Å². The molecule has 3 N–H and O–H groups in total. The van der Waals surface area contributed by atoms with Gasteiger partial charge in [0.1, 0.15) is 10.7 Å². The largest absolute Gasteiger partial charge is 0.493 e. The van der Waals surface area contributed by atoms with E-state index in [4.69, 9.17) is 9.47 Å². The van der Waals surface area contributed by atoms with Gasteiger partial charge in [0.25, 0.3) is 11.5 Å². The second kappa shape index (κ2) is 8.74. The van der Waals surface area contributed by atoms with Crippen molar-refractivity contribution in [3.8, 4) is 11.5 Å². The lowest BCUT2D eigenvalue weighted by Crippen LogP contribution is -2.18. The van der Waals surface area contributed by atoms with Crippen LogP contribution in [0.1, 0.15) is 31.4 Å². The molecule has 11 heteroatoms. The fourth-order valence-electron chi connectivity index (χ4n) is 3.12. The van der Waals surface area contributed by atoms with Crippen LogP contribution in [-0.2, 0) is 6.54 Å². The highest BCUT2D eigenvalue weighted by molar-refractivity contribution is 7.20. The third-order valence-corrected chi connectivity index (χ3v) is 5.71. The van der Waals surface area contributed by atoms with Crippen molar-refractivity contribution in [1.29, 1.82) is 0 Å². The Balaban J connectivity index is 2.04. The Morgan fingerprint density at radius 2 is 1.87 bits per heavy atom. The third kappa shape index (κ3) is 4.37. The molecular weight excluding hydrogens is 424 g/mol. The molecule has 0 bridgehead atoms. The quantitative estimate of drug-likeness (QED) is 0.503. The highest BCUT2D eigenvalue weighted by Crippen LogP contribution is 2.34. The number of methoxy groups -OCH3 is 2. The van der Waals surface area contributed by atoms with Crippen LogP contribution in [0, 0.1) is 6.92 Å². The number of aromatic amines is 1. The maximum Gasteiger partial charge on any atom is 0.337 e. The van der Waals surface area contributed by atoms with Gasteiger partial charge in [0.05, 0.1) is 42.3 Å². The van der Waals surface area contributed by atoms with E-state index in [1.807, 2.05) is 19.0 Å². The van der Waals surface area contributed by atoms with E-state index in [0.29, 0.717) is 28.1 Å². The molecule has 1 amide bonds. The average Bonchev–Trinajstić information content (AvgIpc) is 3.03. The Hall–Kier alpha value is -3.44. The van der Waals surface area contributed by atoms with E-state index < -0.39 is 11.9 Å². The molecule has 0 saturated heterocycles. The van der Waals surface area contributed by atoms with Gasteiger partial charge in [-0.2, -0.15) is 0 Å². The lowest BCUT2D eigenvalue weighted by molar-refractivity contribution is 0.0697. The monoisotopic (exact) mass is 446 g/mol. The number of carboxylic acid groups (broad SMARTS) is 1. The molecular formula is C20H22N4O6S. The lowest BCUT2D eigenvalue weighted by Gasteiger charge is -2.13. The van der Waals surface area contributed by atoms with Gasteiger partial charge in [0.2, 0.25) is 0 Å². The predicted molar refractivity (Wildman–Crippen MR) is 117 cm³/mol. The minimum atomic E-state index is -1.24. The summed E-state index contributed by atoms with van der Waals surface area (Å²) < 4.78 is 10.3. The predicted octanol–water partition coefficient (Wildman–Crippen LogP) is 2.32. The smallest absolute Gasteiger partial charge is 0.337 e. The van der Waals surface area contributed by atoms with Crippen LogP contribution in [0.3, 0.4) is 0 Å². The van der Waals surface area contributed by atoms with E-state index in [1.165, 1.54) is 26.4 Å². The molecule has 2 aromatic heterocycles. The molecule has 0 fully saturated rings. The van der Waals surface area contributed by atoms with Crippen LogP contribution in [0.5, 0.6) is 11.5 Å². The fourth-order valence-corrected chi connectivity index (χ4v) is 4.21. The van der Waals surface area contributed by atoms with Crippen molar-refractivity contribution in [2.75, 3.05) is 33.6 Å². The van der Waals surface area contributed by atoms with Gasteiger partial charge in [0, 0.05) is 12.1 Å². The Morgan fingerprint density at radius 1 is 1.23 bits per heavy atom. The Kier molecular flexibility index (Phi) is 6.27. The van der Waals surface area contributed by atoms with Crippen molar-refractivity contribution >= 4 is 39.1 Å². The highest BCUT2D eigenvalue weighted by atomic mass is 32.1. The number of carbonyl (C=O) groups excluding carboxylic acids is 1. The van der Waals surface area contributed by atoms with Gasteiger partial charge in [-0.3, -0.25) is 9.59 Å².